The fourth-order valence-corrected chi connectivity index (χ4v) is 5.22. The Kier molecular flexibility index (Phi) is 7.28. The van der Waals surface area contributed by atoms with E-state index >= 15 is 0 Å². The van der Waals surface area contributed by atoms with Crippen LogP contribution in [0.3, 0.4) is 0 Å². The van der Waals surface area contributed by atoms with Gasteiger partial charge in [0.15, 0.2) is 0 Å². The molecule has 0 atom stereocenters. The molecule has 1 amide bonds. The van der Waals surface area contributed by atoms with Gasteiger partial charge in [0.25, 0.3) is 5.91 Å². The van der Waals surface area contributed by atoms with Crippen molar-refractivity contribution in [2.75, 3.05) is 11.9 Å². The van der Waals surface area contributed by atoms with Crippen molar-refractivity contribution in [2.24, 2.45) is 17.6 Å². The van der Waals surface area contributed by atoms with Gasteiger partial charge in [-0.05, 0) is 74.6 Å². The van der Waals surface area contributed by atoms with Gasteiger partial charge in [0.2, 0.25) is 0 Å². The van der Waals surface area contributed by atoms with Crippen molar-refractivity contribution in [2.45, 2.75) is 78.4 Å². The third-order valence-electron chi connectivity index (χ3n) is 6.65. The molecule has 4 rings (SSSR count). The van der Waals surface area contributed by atoms with Crippen molar-refractivity contribution >= 4 is 19.7 Å². The van der Waals surface area contributed by atoms with E-state index in [1.165, 1.54) is 5.57 Å². The number of aromatic nitrogens is 3. The van der Waals surface area contributed by atoms with Crippen LogP contribution < -0.4 is 11.1 Å². The first kappa shape index (κ1) is 24.7. The molecule has 0 spiro atoms. The average molecular weight is 482 g/mol. The smallest absolute Gasteiger partial charge is 0.271 e. The number of nitrogens with two attached hydrogens (primary N) is 1. The van der Waals surface area contributed by atoms with Crippen LogP contribution in [0.4, 0.5) is 5.69 Å². The Hall–Kier alpha value is -2.45. The number of allylic oxidation sites excluding steroid dienone is 1. The number of anilines is 1. The SMILES string of the molecule is CCc1c(-c2ccc(NC(=O)C(N)=C(C3CC3)C3CC3)cn2)c(C)nn1COCC[Si](C)(C)C. The molecule has 0 saturated heterocycles. The van der Waals surface area contributed by atoms with Gasteiger partial charge in [-0.1, -0.05) is 26.6 Å². The van der Waals surface area contributed by atoms with E-state index in [0.29, 0.717) is 30.0 Å². The molecule has 0 radical (unpaired) electrons. The number of carbonyl (C=O) groups excluding carboxylic acids is 1. The Morgan fingerprint density at radius 2 is 1.88 bits per heavy atom. The van der Waals surface area contributed by atoms with Gasteiger partial charge in [-0.3, -0.25) is 9.78 Å². The second kappa shape index (κ2) is 10.0. The van der Waals surface area contributed by atoms with E-state index in [2.05, 4.69) is 36.9 Å². The van der Waals surface area contributed by atoms with Crippen LogP contribution in [0, 0.1) is 18.8 Å². The first-order chi connectivity index (χ1) is 16.2. The van der Waals surface area contributed by atoms with Gasteiger partial charge in [-0.25, -0.2) is 4.68 Å². The zero-order valence-corrected chi connectivity index (χ0v) is 22.3. The van der Waals surface area contributed by atoms with E-state index in [4.69, 9.17) is 15.6 Å². The predicted octanol–water partition coefficient (Wildman–Crippen LogP) is 5.10. The molecule has 34 heavy (non-hydrogen) atoms. The molecule has 0 unspecified atom stereocenters. The van der Waals surface area contributed by atoms with Gasteiger partial charge in [0.1, 0.15) is 6.73 Å². The highest BCUT2D eigenvalue weighted by Gasteiger charge is 2.39. The minimum absolute atomic E-state index is 0.211. The number of rotatable bonds is 11. The molecule has 184 valence electrons. The molecular weight excluding hydrogens is 442 g/mol. The summed E-state index contributed by atoms with van der Waals surface area (Å²) in [6, 6.07) is 4.97. The number of ether oxygens (including phenoxy) is 1. The molecule has 7 nitrogen and oxygen atoms in total. The maximum Gasteiger partial charge on any atom is 0.271 e. The molecule has 2 aromatic rings. The van der Waals surface area contributed by atoms with Gasteiger partial charge < -0.3 is 15.8 Å². The average Bonchev–Trinajstić information content (AvgIpc) is 3.71. The van der Waals surface area contributed by atoms with Gasteiger partial charge in [-0.15, -0.1) is 0 Å². The lowest BCUT2D eigenvalue weighted by Gasteiger charge is -2.16. The number of nitrogens with one attached hydrogen (secondary N) is 1. The fourth-order valence-electron chi connectivity index (χ4n) is 4.46. The summed E-state index contributed by atoms with van der Waals surface area (Å²) in [6.07, 6.45) is 7.17. The van der Waals surface area contributed by atoms with E-state index < -0.39 is 8.07 Å². The van der Waals surface area contributed by atoms with E-state index in [1.807, 2.05) is 23.7 Å². The number of hydrogen-bond acceptors (Lipinski definition) is 5. The summed E-state index contributed by atoms with van der Waals surface area (Å²) in [5.74, 6) is 0.826. The molecule has 2 saturated carbocycles. The van der Waals surface area contributed by atoms with Crippen LogP contribution in [0.1, 0.15) is 44.0 Å². The molecular formula is C26H39N5O2Si. The number of pyridine rings is 1. The van der Waals surface area contributed by atoms with Crippen LogP contribution in [0.15, 0.2) is 29.6 Å². The maximum atomic E-state index is 12.8. The van der Waals surface area contributed by atoms with Crippen molar-refractivity contribution in [3.63, 3.8) is 0 Å². The highest BCUT2D eigenvalue weighted by atomic mass is 28.3. The highest BCUT2D eigenvalue weighted by molar-refractivity contribution is 6.76. The van der Waals surface area contributed by atoms with E-state index in [0.717, 1.165) is 67.4 Å². The second-order valence-electron chi connectivity index (χ2n) is 10.9. The van der Waals surface area contributed by atoms with E-state index in [1.54, 1.807) is 6.20 Å². The van der Waals surface area contributed by atoms with Gasteiger partial charge in [-0.2, -0.15) is 5.10 Å². The lowest BCUT2D eigenvalue weighted by molar-refractivity contribution is -0.113. The number of hydrogen-bond donors (Lipinski definition) is 2. The summed E-state index contributed by atoms with van der Waals surface area (Å²) in [7, 11) is -1.12. The first-order valence-corrected chi connectivity index (χ1v) is 16.3. The zero-order valence-electron chi connectivity index (χ0n) is 21.3. The molecule has 0 aliphatic heterocycles. The minimum atomic E-state index is -1.12. The minimum Gasteiger partial charge on any atom is -0.394 e. The van der Waals surface area contributed by atoms with Crippen LogP contribution in [0.5, 0.6) is 0 Å². The van der Waals surface area contributed by atoms with Crippen LogP contribution >= 0.6 is 0 Å². The molecule has 3 N–H and O–H groups in total. The topological polar surface area (TPSA) is 95.1 Å². The molecule has 2 aliphatic rings. The van der Waals surface area contributed by atoms with Crippen molar-refractivity contribution in [1.82, 2.24) is 14.8 Å². The molecule has 8 heteroatoms. The summed E-state index contributed by atoms with van der Waals surface area (Å²) in [4.78, 5) is 17.4. The Bertz CT molecular complexity index is 1050. The van der Waals surface area contributed by atoms with E-state index in [-0.39, 0.29) is 5.91 Å². The Morgan fingerprint density at radius 3 is 2.41 bits per heavy atom. The molecule has 0 bridgehead atoms. The van der Waals surface area contributed by atoms with Crippen molar-refractivity contribution < 1.29 is 9.53 Å². The third-order valence-corrected chi connectivity index (χ3v) is 8.35. The first-order valence-electron chi connectivity index (χ1n) is 12.6. The predicted molar refractivity (Wildman–Crippen MR) is 139 cm³/mol. The highest BCUT2D eigenvalue weighted by Crippen LogP contribution is 2.49. The quantitative estimate of drug-likeness (QED) is 0.264. The lowest BCUT2D eigenvalue weighted by atomic mass is 10.0. The summed E-state index contributed by atoms with van der Waals surface area (Å²) in [5.41, 5.74) is 12.5. The van der Waals surface area contributed by atoms with Gasteiger partial charge in [0.05, 0.1) is 34.7 Å². The summed E-state index contributed by atoms with van der Waals surface area (Å²) in [5, 5.41) is 7.66. The molecule has 2 aromatic heterocycles. The van der Waals surface area contributed by atoms with Crippen LogP contribution in [-0.2, 0) is 22.7 Å². The summed E-state index contributed by atoms with van der Waals surface area (Å²) >= 11 is 0. The van der Waals surface area contributed by atoms with Crippen LogP contribution in [-0.4, -0.2) is 35.4 Å². The number of amides is 1. The molecule has 2 aliphatic carbocycles. The van der Waals surface area contributed by atoms with E-state index in [9.17, 15) is 4.79 Å². The monoisotopic (exact) mass is 481 g/mol. The normalized spacial score (nSPS) is 15.9. The number of nitrogens with zero attached hydrogens (tertiary/aromatic N) is 3. The Labute approximate surface area is 204 Å². The summed E-state index contributed by atoms with van der Waals surface area (Å²) < 4.78 is 7.89. The largest absolute Gasteiger partial charge is 0.394 e. The van der Waals surface area contributed by atoms with Crippen LogP contribution in [0.2, 0.25) is 25.7 Å². The number of carbonyl (C=O) groups is 1. The molecule has 2 fully saturated rings. The van der Waals surface area contributed by atoms with Gasteiger partial charge in [0, 0.05) is 20.2 Å². The third kappa shape index (κ3) is 5.96. The Morgan fingerprint density at radius 1 is 1.21 bits per heavy atom. The fraction of sp³-hybridized carbons (Fsp3) is 0.577. The zero-order chi connectivity index (χ0) is 24.5. The standard InChI is InChI=1S/C26H39N5O2Si/c1-6-22-23(17(2)30-31(22)16-33-13-14-34(3,4)5)21-12-11-20(15-28-21)29-26(32)25(27)24(18-7-8-18)19-9-10-19/h11-12,15,18-19H,6-10,13-14,16,27H2,1-5H3,(H,29,32). The second-order valence-corrected chi connectivity index (χ2v) is 16.5. The van der Waals surface area contributed by atoms with Crippen molar-refractivity contribution in [3.05, 3.63) is 41.0 Å². The molecule has 2 heterocycles. The lowest BCUT2D eigenvalue weighted by Crippen LogP contribution is -2.23. The number of aryl methyl sites for hydroxylation is 1. The van der Waals surface area contributed by atoms with Gasteiger partial charge >= 0.3 is 0 Å². The summed E-state index contributed by atoms with van der Waals surface area (Å²) in [6.45, 7) is 12.4. The molecule has 0 aromatic carbocycles. The van der Waals surface area contributed by atoms with Crippen molar-refractivity contribution in [1.29, 1.82) is 0 Å². The van der Waals surface area contributed by atoms with Crippen LogP contribution in [0.25, 0.3) is 11.3 Å². The van der Waals surface area contributed by atoms with Crippen molar-refractivity contribution in [3.8, 4) is 11.3 Å². The maximum absolute atomic E-state index is 12.8. The Balaban J connectivity index is 1.44.